The van der Waals surface area contributed by atoms with Crippen LogP contribution in [0.25, 0.3) is 0 Å². The molecule has 1 aliphatic carbocycles. The number of carboxylic acids is 1. The van der Waals surface area contributed by atoms with Crippen LogP contribution in [0, 0.1) is 5.41 Å². The Labute approximate surface area is 97.8 Å². The van der Waals surface area contributed by atoms with Gasteiger partial charge in [-0.2, -0.15) is 0 Å². The molecule has 0 saturated heterocycles. The third-order valence-corrected chi connectivity index (χ3v) is 2.98. The number of aliphatic carboxylic acids is 1. The van der Waals surface area contributed by atoms with Gasteiger partial charge >= 0.3 is 5.97 Å². The summed E-state index contributed by atoms with van der Waals surface area (Å²) in [4.78, 5) is 22.5. The van der Waals surface area contributed by atoms with Crippen LogP contribution in [0.2, 0.25) is 0 Å². The first-order chi connectivity index (χ1) is 8.07. The Hall–Kier alpha value is -1.82. The molecule has 17 heavy (non-hydrogen) atoms. The molecule has 92 valence electrons. The number of rotatable bonds is 5. The van der Waals surface area contributed by atoms with Crippen LogP contribution in [-0.2, 0) is 11.3 Å². The van der Waals surface area contributed by atoms with E-state index in [1.165, 1.54) is 6.07 Å². The van der Waals surface area contributed by atoms with Crippen molar-refractivity contribution in [2.24, 2.45) is 11.1 Å². The molecule has 1 heterocycles. The molecule has 1 aliphatic rings. The van der Waals surface area contributed by atoms with Gasteiger partial charge in [-0.25, -0.2) is 0 Å². The van der Waals surface area contributed by atoms with Crippen molar-refractivity contribution in [3.63, 3.8) is 0 Å². The molecular weight excluding hydrogens is 224 g/mol. The van der Waals surface area contributed by atoms with E-state index >= 15 is 0 Å². The van der Waals surface area contributed by atoms with Gasteiger partial charge in [0.2, 0.25) is 0 Å². The minimum Gasteiger partial charge on any atom is -0.481 e. The van der Waals surface area contributed by atoms with E-state index in [4.69, 9.17) is 15.3 Å². The van der Waals surface area contributed by atoms with Crippen molar-refractivity contribution in [1.82, 2.24) is 5.32 Å². The fourth-order valence-electron chi connectivity index (χ4n) is 1.56. The zero-order valence-electron chi connectivity index (χ0n) is 9.23. The van der Waals surface area contributed by atoms with Crippen LogP contribution in [-0.4, -0.2) is 23.5 Å². The third kappa shape index (κ3) is 2.31. The van der Waals surface area contributed by atoms with Crippen molar-refractivity contribution < 1.29 is 19.1 Å². The van der Waals surface area contributed by atoms with Gasteiger partial charge in [-0.3, -0.25) is 9.59 Å². The van der Waals surface area contributed by atoms with Gasteiger partial charge in [0.05, 0.1) is 12.0 Å². The van der Waals surface area contributed by atoms with E-state index in [1.807, 2.05) is 0 Å². The van der Waals surface area contributed by atoms with Crippen LogP contribution in [0.1, 0.15) is 29.2 Å². The van der Waals surface area contributed by atoms with Gasteiger partial charge in [-0.15, -0.1) is 0 Å². The number of nitrogens with one attached hydrogen (secondary N) is 1. The van der Waals surface area contributed by atoms with Crippen molar-refractivity contribution in [3.05, 3.63) is 23.7 Å². The van der Waals surface area contributed by atoms with E-state index in [0.29, 0.717) is 18.6 Å². The quantitative estimate of drug-likeness (QED) is 0.685. The Morgan fingerprint density at radius 1 is 1.47 bits per heavy atom. The molecule has 1 saturated carbocycles. The van der Waals surface area contributed by atoms with Gasteiger partial charge in [-0.1, -0.05) is 0 Å². The summed E-state index contributed by atoms with van der Waals surface area (Å²) >= 11 is 0. The second-order valence-electron chi connectivity index (χ2n) is 4.24. The predicted molar refractivity (Wildman–Crippen MR) is 58.2 cm³/mol. The van der Waals surface area contributed by atoms with E-state index in [2.05, 4.69) is 5.32 Å². The smallest absolute Gasteiger partial charge is 0.311 e. The Morgan fingerprint density at radius 2 is 2.18 bits per heavy atom. The van der Waals surface area contributed by atoms with Gasteiger partial charge < -0.3 is 20.6 Å². The SMILES string of the molecule is NCc1ccc(C(=O)NCC2(C(=O)O)CC2)o1. The highest BCUT2D eigenvalue weighted by Crippen LogP contribution is 2.45. The van der Waals surface area contributed by atoms with Crippen LogP contribution in [0.3, 0.4) is 0 Å². The maximum Gasteiger partial charge on any atom is 0.311 e. The molecule has 6 nitrogen and oxygen atoms in total. The molecule has 0 aliphatic heterocycles. The predicted octanol–water partition coefficient (Wildman–Crippen LogP) is 0.333. The Morgan fingerprint density at radius 3 is 2.65 bits per heavy atom. The molecule has 6 heteroatoms. The Bertz CT molecular complexity index is 448. The first-order valence-electron chi connectivity index (χ1n) is 5.38. The highest BCUT2D eigenvalue weighted by molar-refractivity contribution is 5.92. The van der Waals surface area contributed by atoms with Crippen LogP contribution < -0.4 is 11.1 Å². The van der Waals surface area contributed by atoms with E-state index in [1.54, 1.807) is 6.07 Å². The summed E-state index contributed by atoms with van der Waals surface area (Å²) in [5, 5.41) is 11.5. The summed E-state index contributed by atoms with van der Waals surface area (Å²) < 4.78 is 5.16. The zero-order valence-corrected chi connectivity index (χ0v) is 9.23. The van der Waals surface area contributed by atoms with Crippen LogP contribution in [0.15, 0.2) is 16.5 Å². The standard InChI is InChI=1S/C11H14N2O4/c12-5-7-1-2-8(17-7)9(14)13-6-11(3-4-11)10(15)16/h1-2H,3-6,12H2,(H,13,14)(H,15,16). The van der Waals surface area contributed by atoms with Crippen LogP contribution in [0.4, 0.5) is 0 Å². The van der Waals surface area contributed by atoms with Gasteiger partial charge in [0.1, 0.15) is 5.76 Å². The number of carbonyl (C=O) groups excluding carboxylic acids is 1. The van der Waals surface area contributed by atoms with Gasteiger partial charge in [-0.05, 0) is 25.0 Å². The molecular formula is C11H14N2O4. The summed E-state index contributed by atoms with van der Waals surface area (Å²) in [5.41, 5.74) is 4.59. The molecule has 1 amide bonds. The molecule has 0 aromatic carbocycles. The van der Waals surface area contributed by atoms with Crippen molar-refractivity contribution in [1.29, 1.82) is 0 Å². The van der Waals surface area contributed by atoms with Crippen molar-refractivity contribution in [3.8, 4) is 0 Å². The molecule has 1 aromatic heterocycles. The van der Waals surface area contributed by atoms with Crippen molar-refractivity contribution in [2.45, 2.75) is 19.4 Å². The van der Waals surface area contributed by atoms with Crippen LogP contribution >= 0.6 is 0 Å². The molecule has 1 aromatic rings. The second-order valence-corrected chi connectivity index (χ2v) is 4.24. The average Bonchev–Trinajstić information content (AvgIpc) is 2.96. The van der Waals surface area contributed by atoms with Gasteiger partial charge in [0, 0.05) is 6.54 Å². The summed E-state index contributed by atoms with van der Waals surface area (Å²) in [6.45, 7) is 0.367. The van der Waals surface area contributed by atoms with Crippen molar-refractivity contribution >= 4 is 11.9 Å². The molecule has 1 fully saturated rings. The average molecular weight is 238 g/mol. The molecule has 0 bridgehead atoms. The fourth-order valence-corrected chi connectivity index (χ4v) is 1.56. The summed E-state index contributed by atoms with van der Waals surface area (Å²) in [7, 11) is 0. The lowest BCUT2D eigenvalue weighted by molar-refractivity contribution is -0.143. The van der Waals surface area contributed by atoms with E-state index in [0.717, 1.165) is 0 Å². The maximum atomic E-state index is 11.6. The maximum absolute atomic E-state index is 11.6. The largest absolute Gasteiger partial charge is 0.481 e. The third-order valence-electron chi connectivity index (χ3n) is 2.98. The minimum atomic E-state index is -0.861. The molecule has 0 radical (unpaired) electrons. The molecule has 0 unspecified atom stereocenters. The lowest BCUT2D eigenvalue weighted by Gasteiger charge is -2.09. The van der Waals surface area contributed by atoms with E-state index in [9.17, 15) is 9.59 Å². The fraction of sp³-hybridized carbons (Fsp3) is 0.455. The Balaban J connectivity index is 1.91. The summed E-state index contributed by atoms with van der Waals surface area (Å²) in [5.74, 6) is -0.585. The number of carbonyl (C=O) groups is 2. The Kier molecular flexibility index (Phi) is 2.89. The normalized spacial score (nSPS) is 16.5. The van der Waals surface area contributed by atoms with Crippen LogP contribution in [0.5, 0.6) is 0 Å². The molecule has 2 rings (SSSR count). The number of carboxylic acid groups (broad SMARTS) is 1. The lowest BCUT2D eigenvalue weighted by Crippen LogP contribution is -2.34. The highest BCUT2D eigenvalue weighted by Gasteiger charge is 2.50. The van der Waals surface area contributed by atoms with E-state index < -0.39 is 17.3 Å². The van der Waals surface area contributed by atoms with Crippen molar-refractivity contribution in [2.75, 3.05) is 6.54 Å². The number of amides is 1. The highest BCUT2D eigenvalue weighted by atomic mass is 16.4. The monoisotopic (exact) mass is 238 g/mol. The topological polar surface area (TPSA) is 106 Å². The summed E-state index contributed by atoms with van der Waals surface area (Å²) in [6.07, 6.45) is 1.21. The van der Waals surface area contributed by atoms with E-state index in [-0.39, 0.29) is 18.8 Å². The first kappa shape index (κ1) is 11.7. The van der Waals surface area contributed by atoms with Gasteiger partial charge in [0.25, 0.3) is 5.91 Å². The molecule has 4 N–H and O–H groups in total. The summed E-state index contributed by atoms with van der Waals surface area (Å²) in [6, 6.07) is 3.15. The number of hydrogen-bond donors (Lipinski definition) is 3. The first-order valence-corrected chi connectivity index (χ1v) is 5.38. The number of hydrogen-bond acceptors (Lipinski definition) is 4. The molecule has 0 spiro atoms. The zero-order chi connectivity index (χ0) is 12.5. The van der Waals surface area contributed by atoms with Gasteiger partial charge in [0.15, 0.2) is 5.76 Å². The second kappa shape index (κ2) is 4.21. The molecule has 0 atom stereocenters. The number of furan rings is 1. The minimum absolute atomic E-state index is 0.139. The lowest BCUT2D eigenvalue weighted by atomic mass is 10.1. The number of nitrogens with two attached hydrogens (primary N) is 1.